The van der Waals surface area contributed by atoms with Gasteiger partial charge in [-0.1, -0.05) is 48.5 Å². The van der Waals surface area contributed by atoms with Gasteiger partial charge in [0.25, 0.3) is 0 Å². The van der Waals surface area contributed by atoms with Crippen molar-refractivity contribution in [3.8, 4) is 11.1 Å². The first kappa shape index (κ1) is 10.3. The maximum Gasteiger partial charge on any atom is 0.0593 e. The van der Waals surface area contributed by atoms with Crippen molar-refractivity contribution in [2.24, 2.45) is 0 Å². The first-order valence-corrected chi connectivity index (χ1v) is 6.73. The molecule has 2 aliphatic carbocycles. The highest BCUT2D eigenvalue weighted by molar-refractivity contribution is 5.78. The molecule has 1 N–H and O–H groups in total. The van der Waals surface area contributed by atoms with E-state index in [1.54, 1.807) is 0 Å². The van der Waals surface area contributed by atoms with Gasteiger partial charge >= 0.3 is 0 Å². The van der Waals surface area contributed by atoms with Gasteiger partial charge in [-0.15, -0.1) is 0 Å². The summed E-state index contributed by atoms with van der Waals surface area (Å²) in [6.07, 6.45) is 2.60. The molecule has 1 saturated carbocycles. The summed E-state index contributed by atoms with van der Waals surface area (Å²) in [7, 11) is 0. The zero-order chi connectivity index (χ0) is 12.2. The molecule has 0 unspecified atom stereocenters. The smallest absolute Gasteiger partial charge is 0.0593 e. The molecule has 0 saturated heterocycles. The van der Waals surface area contributed by atoms with Crippen molar-refractivity contribution >= 4 is 0 Å². The van der Waals surface area contributed by atoms with Crippen LogP contribution in [-0.2, 0) is 0 Å². The SMILES string of the molecule is CC1(NC2c3ccccc3-c3ccccc32)CC1. The Hall–Kier alpha value is -1.60. The summed E-state index contributed by atoms with van der Waals surface area (Å²) >= 11 is 0. The lowest BCUT2D eigenvalue weighted by Gasteiger charge is -2.20. The Kier molecular flexibility index (Phi) is 1.98. The van der Waals surface area contributed by atoms with Crippen LogP contribution in [0, 0.1) is 0 Å². The van der Waals surface area contributed by atoms with Crippen LogP contribution in [0.25, 0.3) is 11.1 Å². The summed E-state index contributed by atoms with van der Waals surface area (Å²) in [5.74, 6) is 0. The minimum Gasteiger partial charge on any atom is -0.301 e. The Morgan fingerprint density at radius 2 is 1.39 bits per heavy atom. The number of benzene rings is 2. The average Bonchev–Trinajstić information content (AvgIpc) is 3.06. The van der Waals surface area contributed by atoms with Crippen LogP contribution in [0.3, 0.4) is 0 Å². The van der Waals surface area contributed by atoms with Crippen LogP contribution in [0.15, 0.2) is 48.5 Å². The Morgan fingerprint density at radius 3 is 1.89 bits per heavy atom. The van der Waals surface area contributed by atoms with E-state index in [2.05, 4.69) is 60.8 Å². The molecule has 2 aliphatic rings. The summed E-state index contributed by atoms with van der Waals surface area (Å²) < 4.78 is 0. The number of hydrogen-bond acceptors (Lipinski definition) is 1. The monoisotopic (exact) mass is 235 g/mol. The molecule has 2 aromatic carbocycles. The van der Waals surface area contributed by atoms with Crippen molar-refractivity contribution in [3.05, 3.63) is 59.7 Å². The Balaban J connectivity index is 1.87. The minimum atomic E-state index is 0.356. The molecule has 1 fully saturated rings. The van der Waals surface area contributed by atoms with Gasteiger partial charge in [0.05, 0.1) is 6.04 Å². The molecule has 0 radical (unpaired) electrons. The summed E-state index contributed by atoms with van der Waals surface area (Å²) in [5, 5.41) is 3.84. The third-order valence-corrected chi connectivity index (χ3v) is 4.33. The molecule has 0 heterocycles. The molecule has 18 heavy (non-hydrogen) atoms. The summed E-state index contributed by atoms with van der Waals surface area (Å²) in [6, 6.07) is 18.0. The van der Waals surface area contributed by atoms with Crippen LogP contribution in [-0.4, -0.2) is 5.54 Å². The van der Waals surface area contributed by atoms with Gasteiger partial charge in [0, 0.05) is 5.54 Å². The largest absolute Gasteiger partial charge is 0.301 e. The molecular weight excluding hydrogens is 218 g/mol. The second-order valence-electron chi connectivity index (χ2n) is 5.81. The number of rotatable bonds is 2. The lowest BCUT2D eigenvalue weighted by Crippen LogP contribution is -2.31. The van der Waals surface area contributed by atoms with E-state index in [0.29, 0.717) is 11.6 Å². The highest BCUT2D eigenvalue weighted by Gasteiger charge is 2.41. The van der Waals surface area contributed by atoms with Crippen LogP contribution in [0.4, 0.5) is 0 Å². The zero-order valence-electron chi connectivity index (χ0n) is 10.6. The van der Waals surface area contributed by atoms with Crippen molar-refractivity contribution in [1.29, 1.82) is 0 Å². The predicted molar refractivity (Wildman–Crippen MR) is 74.5 cm³/mol. The Labute approximate surface area is 108 Å². The van der Waals surface area contributed by atoms with E-state index < -0.39 is 0 Å². The topological polar surface area (TPSA) is 12.0 Å². The second kappa shape index (κ2) is 3.46. The van der Waals surface area contributed by atoms with Crippen LogP contribution < -0.4 is 5.32 Å². The molecule has 0 aromatic heterocycles. The minimum absolute atomic E-state index is 0.356. The highest BCUT2D eigenvalue weighted by atomic mass is 15.0. The molecule has 90 valence electrons. The van der Waals surface area contributed by atoms with E-state index >= 15 is 0 Å². The molecule has 0 aliphatic heterocycles. The van der Waals surface area contributed by atoms with E-state index in [-0.39, 0.29) is 0 Å². The highest BCUT2D eigenvalue weighted by Crippen LogP contribution is 2.46. The average molecular weight is 235 g/mol. The fraction of sp³-hybridized carbons (Fsp3) is 0.294. The standard InChI is InChI=1S/C17H17N/c1-17(10-11-17)18-16-14-8-4-2-6-12(14)13-7-3-5-9-15(13)16/h2-9,16,18H,10-11H2,1H3. The molecule has 0 amide bonds. The van der Waals surface area contributed by atoms with Gasteiger partial charge in [0.15, 0.2) is 0 Å². The summed E-state index contributed by atoms with van der Waals surface area (Å²) in [4.78, 5) is 0. The molecule has 0 spiro atoms. The zero-order valence-corrected chi connectivity index (χ0v) is 10.6. The Morgan fingerprint density at radius 1 is 0.889 bits per heavy atom. The second-order valence-corrected chi connectivity index (χ2v) is 5.81. The lowest BCUT2D eigenvalue weighted by atomic mass is 10.0. The molecule has 1 heteroatoms. The van der Waals surface area contributed by atoms with Gasteiger partial charge in [0.2, 0.25) is 0 Å². The third kappa shape index (κ3) is 1.44. The first-order valence-electron chi connectivity index (χ1n) is 6.73. The van der Waals surface area contributed by atoms with E-state index in [0.717, 1.165) is 0 Å². The van der Waals surface area contributed by atoms with Gasteiger partial charge < -0.3 is 5.32 Å². The first-order chi connectivity index (χ1) is 8.77. The van der Waals surface area contributed by atoms with Crippen molar-refractivity contribution in [2.75, 3.05) is 0 Å². The van der Waals surface area contributed by atoms with Gasteiger partial charge in [-0.2, -0.15) is 0 Å². The van der Waals surface area contributed by atoms with Crippen molar-refractivity contribution in [2.45, 2.75) is 31.3 Å². The molecular formula is C17H17N. The maximum absolute atomic E-state index is 3.84. The number of fused-ring (bicyclic) bond motifs is 3. The fourth-order valence-corrected chi connectivity index (χ4v) is 2.99. The Bertz CT molecular complexity index is 565. The van der Waals surface area contributed by atoms with E-state index in [1.165, 1.54) is 35.1 Å². The molecule has 2 aromatic rings. The molecule has 4 rings (SSSR count). The molecule has 1 nitrogen and oxygen atoms in total. The summed E-state index contributed by atoms with van der Waals surface area (Å²) in [6.45, 7) is 2.33. The molecule has 0 atom stereocenters. The number of nitrogens with one attached hydrogen (secondary N) is 1. The molecule has 0 bridgehead atoms. The number of hydrogen-bond donors (Lipinski definition) is 1. The quantitative estimate of drug-likeness (QED) is 0.832. The van der Waals surface area contributed by atoms with E-state index in [9.17, 15) is 0 Å². The van der Waals surface area contributed by atoms with Crippen molar-refractivity contribution in [3.63, 3.8) is 0 Å². The van der Waals surface area contributed by atoms with Gasteiger partial charge in [-0.05, 0) is 42.0 Å². The van der Waals surface area contributed by atoms with Gasteiger partial charge in [-0.3, -0.25) is 0 Å². The third-order valence-electron chi connectivity index (χ3n) is 4.33. The van der Waals surface area contributed by atoms with Crippen LogP contribution in [0.5, 0.6) is 0 Å². The lowest BCUT2D eigenvalue weighted by molar-refractivity contribution is 0.492. The van der Waals surface area contributed by atoms with Gasteiger partial charge in [-0.25, -0.2) is 0 Å². The fourth-order valence-electron chi connectivity index (χ4n) is 2.99. The predicted octanol–water partition coefficient (Wildman–Crippen LogP) is 3.90. The van der Waals surface area contributed by atoms with Crippen molar-refractivity contribution in [1.82, 2.24) is 5.32 Å². The van der Waals surface area contributed by atoms with Crippen molar-refractivity contribution < 1.29 is 0 Å². The van der Waals surface area contributed by atoms with Crippen LogP contribution in [0.1, 0.15) is 36.9 Å². The van der Waals surface area contributed by atoms with Gasteiger partial charge in [0.1, 0.15) is 0 Å². The normalized spacial score (nSPS) is 19.4. The van der Waals surface area contributed by atoms with Crippen LogP contribution in [0.2, 0.25) is 0 Å². The van der Waals surface area contributed by atoms with E-state index in [4.69, 9.17) is 0 Å². The van der Waals surface area contributed by atoms with E-state index in [1.807, 2.05) is 0 Å². The summed E-state index contributed by atoms with van der Waals surface area (Å²) in [5.41, 5.74) is 6.03. The maximum atomic E-state index is 3.84. The van der Waals surface area contributed by atoms with Crippen LogP contribution >= 0.6 is 0 Å².